The number of carbonyl (C=O) groups excluding carboxylic acids is 1. The fraction of sp³-hybridized carbons (Fsp3) is 0.133. The van der Waals surface area contributed by atoms with Gasteiger partial charge in [0.1, 0.15) is 0 Å². The molecule has 0 aliphatic carbocycles. The highest BCUT2D eigenvalue weighted by Gasteiger charge is 2.15. The largest absolute Gasteiger partial charge is 0.478 e. The summed E-state index contributed by atoms with van der Waals surface area (Å²) in [6.45, 7) is 0. The lowest BCUT2D eigenvalue weighted by atomic mass is 10.1. The van der Waals surface area contributed by atoms with E-state index in [0.29, 0.717) is 12.1 Å². The first-order chi connectivity index (χ1) is 10.1. The molecule has 0 bridgehead atoms. The van der Waals surface area contributed by atoms with Crippen LogP contribution in [0.15, 0.2) is 48.8 Å². The molecule has 21 heavy (non-hydrogen) atoms. The Morgan fingerprint density at radius 2 is 1.95 bits per heavy atom. The molecule has 2 aromatic rings. The van der Waals surface area contributed by atoms with Crippen LogP contribution in [-0.2, 0) is 11.2 Å². The maximum absolute atomic E-state index is 12.0. The Labute approximate surface area is 121 Å². The molecule has 2 rings (SSSR count). The first-order valence-corrected chi connectivity index (χ1v) is 6.35. The number of nitrogens with one attached hydrogen (secondary N) is 1. The number of aromatic carboxylic acids is 1. The number of hydrogen-bond donors (Lipinski definition) is 3. The minimum atomic E-state index is -1.10. The van der Waals surface area contributed by atoms with Gasteiger partial charge in [0, 0.05) is 6.20 Å². The lowest BCUT2D eigenvalue weighted by Crippen LogP contribution is -2.37. The molecule has 1 aromatic carbocycles. The maximum atomic E-state index is 12.0. The Morgan fingerprint density at radius 1 is 1.24 bits per heavy atom. The molecule has 1 amide bonds. The Kier molecular flexibility index (Phi) is 4.63. The van der Waals surface area contributed by atoms with Crippen LogP contribution >= 0.6 is 0 Å². The number of anilines is 1. The predicted molar refractivity (Wildman–Crippen MR) is 77.9 cm³/mol. The third kappa shape index (κ3) is 4.12. The quantitative estimate of drug-likeness (QED) is 0.767. The van der Waals surface area contributed by atoms with Crippen LogP contribution < -0.4 is 11.1 Å². The van der Waals surface area contributed by atoms with Crippen molar-refractivity contribution in [1.29, 1.82) is 0 Å². The summed E-state index contributed by atoms with van der Waals surface area (Å²) in [5, 5.41) is 11.4. The number of nitrogens with zero attached hydrogens (tertiary/aromatic N) is 1. The van der Waals surface area contributed by atoms with Gasteiger partial charge >= 0.3 is 5.97 Å². The van der Waals surface area contributed by atoms with E-state index in [1.807, 2.05) is 30.3 Å². The van der Waals surface area contributed by atoms with Crippen LogP contribution in [0.25, 0.3) is 0 Å². The molecule has 1 unspecified atom stereocenters. The number of nitrogens with two attached hydrogens (primary N) is 1. The molecule has 4 N–H and O–H groups in total. The van der Waals surface area contributed by atoms with E-state index in [-0.39, 0.29) is 11.5 Å². The van der Waals surface area contributed by atoms with Gasteiger partial charge in [-0.2, -0.15) is 0 Å². The average Bonchev–Trinajstić information content (AvgIpc) is 2.48. The Balaban J connectivity index is 2.00. The number of pyridine rings is 1. The van der Waals surface area contributed by atoms with Gasteiger partial charge in [-0.05, 0) is 18.1 Å². The summed E-state index contributed by atoms with van der Waals surface area (Å²) in [6, 6.07) is 10.0. The monoisotopic (exact) mass is 285 g/mol. The number of carbonyl (C=O) groups is 2. The van der Waals surface area contributed by atoms with Crippen LogP contribution in [-0.4, -0.2) is 28.0 Å². The fourth-order valence-electron chi connectivity index (χ4n) is 1.82. The van der Waals surface area contributed by atoms with Gasteiger partial charge in [-0.25, -0.2) is 4.79 Å². The third-order valence-electron chi connectivity index (χ3n) is 2.89. The van der Waals surface area contributed by atoms with Gasteiger partial charge in [0.2, 0.25) is 5.91 Å². The topological polar surface area (TPSA) is 105 Å². The SMILES string of the molecule is NC(Cc1ccccc1)C(=O)Nc1cncc(C(=O)O)c1. The summed E-state index contributed by atoms with van der Waals surface area (Å²) < 4.78 is 0. The summed E-state index contributed by atoms with van der Waals surface area (Å²) in [5.74, 6) is -1.49. The Morgan fingerprint density at radius 3 is 2.62 bits per heavy atom. The fourth-order valence-corrected chi connectivity index (χ4v) is 1.82. The molecule has 1 heterocycles. The molecule has 1 atom stereocenters. The van der Waals surface area contributed by atoms with Crippen molar-refractivity contribution in [2.75, 3.05) is 5.32 Å². The summed E-state index contributed by atoms with van der Waals surface area (Å²) in [5.41, 5.74) is 7.12. The smallest absolute Gasteiger partial charge is 0.337 e. The van der Waals surface area contributed by atoms with Gasteiger partial charge in [-0.15, -0.1) is 0 Å². The zero-order valence-corrected chi connectivity index (χ0v) is 11.2. The van der Waals surface area contributed by atoms with Gasteiger partial charge in [0.25, 0.3) is 0 Å². The molecule has 0 spiro atoms. The van der Waals surface area contributed by atoms with Crippen LogP contribution in [0.5, 0.6) is 0 Å². The van der Waals surface area contributed by atoms with Crippen LogP contribution in [0.1, 0.15) is 15.9 Å². The molecule has 6 nitrogen and oxygen atoms in total. The number of rotatable bonds is 5. The maximum Gasteiger partial charge on any atom is 0.337 e. The lowest BCUT2D eigenvalue weighted by molar-refractivity contribution is -0.117. The summed E-state index contributed by atoms with van der Waals surface area (Å²) in [6.07, 6.45) is 2.99. The van der Waals surface area contributed by atoms with Gasteiger partial charge in [-0.1, -0.05) is 30.3 Å². The van der Waals surface area contributed by atoms with Crippen molar-refractivity contribution in [1.82, 2.24) is 4.98 Å². The Bertz CT molecular complexity index is 644. The van der Waals surface area contributed by atoms with Crippen molar-refractivity contribution in [3.05, 3.63) is 59.9 Å². The summed E-state index contributed by atoms with van der Waals surface area (Å²) in [7, 11) is 0. The van der Waals surface area contributed by atoms with Gasteiger partial charge < -0.3 is 16.2 Å². The molecule has 0 fully saturated rings. The van der Waals surface area contributed by atoms with Crippen LogP contribution in [0.4, 0.5) is 5.69 Å². The molecule has 108 valence electrons. The predicted octanol–water partition coefficient (Wildman–Crippen LogP) is 1.29. The highest BCUT2D eigenvalue weighted by molar-refractivity contribution is 5.96. The van der Waals surface area contributed by atoms with Crippen molar-refractivity contribution < 1.29 is 14.7 Å². The molecule has 0 saturated heterocycles. The van der Waals surface area contributed by atoms with E-state index < -0.39 is 12.0 Å². The number of carboxylic acid groups (broad SMARTS) is 1. The molecular weight excluding hydrogens is 270 g/mol. The summed E-state index contributed by atoms with van der Waals surface area (Å²) in [4.78, 5) is 26.6. The molecule has 0 saturated carbocycles. The third-order valence-corrected chi connectivity index (χ3v) is 2.89. The van der Waals surface area contributed by atoms with E-state index in [9.17, 15) is 9.59 Å². The second-order valence-corrected chi connectivity index (χ2v) is 4.55. The van der Waals surface area contributed by atoms with E-state index in [4.69, 9.17) is 10.8 Å². The highest BCUT2D eigenvalue weighted by Crippen LogP contribution is 2.10. The average molecular weight is 285 g/mol. The second kappa shape index (κ2) is 6.62. The molecule has 0 radical (unpaired) electrons. The van der Waals surface area contributed by atoms with Crippen molar-refractivity contribution in [3.8, 4) is 0 Å². The molecule has 0 aliphatic heterocycles. The van der Waals surface area contributed by atoms with E-state index in [0.717, 1.165) is 5.56 Å². The van der Waals surface area contributed by atoms with Crippen LogP contribution in [0.2, 0.25) is 0 Å². The molecule has 1 aromatic heterocycles. The van der Waals surface area contributed by atoms with Crippen molar-refractivity contribution in [3.63, 3.8) is 0 Å². The number of carboxylic acids is 1. The summed E-state index contributed by atoms with van der Waals surface area (Å²) >= 11 is 0. The first-order valence-electron chi connectivity index (χ1n) is 6.35. The first kappa shape index (κ1) is 14.7. The lowest BCUT2D eigenvalue weighted by Gasteiger charge is -2.12. The van der Waals surface area contributed by atoms with Crippen molar-refractivity contribution in [2.45, 2.75) is 12.5 Å². The second-order valence-electron chi connectivity index (χ2n) is 4.55. The highest BCUT2D eigenvalue weighted by atomic mass is 16.4. The number of benzene rings is 1. The number of amides is 1. The zero-order chi connectivity index (χ0) is 15.2. The standard InChI is InChI=1S/C15H15N3O3/c16-13(6-10-4-2-1-3-5-10)14(19)18-12-7-11(15(20)21)8-17-9-12/h1-5,7-9,13H,6,16H2,(H,18,19)(H,20,21). The molecular formula is C15H15N3O3. The minimum absolute atomic E-state index is 0.00410. The molecule has 0 aliphatic rings. The normalized spacial score (nSPS) is 11.7. The van der Waals surface area contributed by atoms with Crippen molar-refractivity contribution in [2.24, 2.45) is 5.73 Å². The van der Waals surface area contributed by atoms with E-state index >= 15 is 0 Å². The molecule has 6 heteroatoms. The van der Waals surface area contributed by atoms with Gasteiger partial charge in [0.15, 0.2) is 0 Å². The van der Waals surface area contributed by atoms with E-state index in [2.05, 4.69) is 10.3 Å². The van der Waals surface area contributed by atoms with Gasteiger partial charge in [0.05, 0.1) is 23.5 Å². The Hall–Kier alpha value is -2.73. The van der Waals surface area contributed by atoms with Crippen molar-refractivity contribution >= 4 is 17.6 Å². The van der Waals surface area contributed by atoms with Gasteiger partial charge in [-0.3, -0.25) is 9.78 Å². The van der Waals surface area contributed by atoms with Crippen LogP contribution in [0.3, 0.4) is 0 Å². The number of aromatic nitrogens is 1. The zero-order valence-electron chi connectivity index (χ0n) is 11.2. The van der Waals surface area contributed by atoms with Crippen LogP contribution in [0, 0.1) is 0 Å². The van der Waals surface area contributed by atoms with E-state index in [1.165, 1.54) is 18.5 Å². The minimum Gasteiger partial charge on any atom is -0.478 e. The van der Waals surface area contributed by atoms with E-state index in [1.54, 1.807) is 0 Å². The number of hydrogen-bond acceptors (Lipinski definition) is 4.